The van der Waals surface area contributed by atoms with E-state index in [1.807, 2.05) is 85.8 Å². The second-order valence-electron chi connectivity index (χ2n) is 22.5. The van der Waals surface area contributed by atoms with Gasteiger partial charge in [-0.1, -0.05) is 169 Å². The van der Waals surface area contributed by atoms with Gasteiger partial charge in [0.1, 0.15) is 12.1 Å². The van der Waals surface area contributed by atoms with Gasteiger partial charge in [-0.25, -0.2) is 19.2 Å². The van der Waals surface area contributed by atoms with Crippen LogP contribution in [-0.4, -0.2) is 184 Å². The van der Waals surface area contributed by atoms with E-state index in [0.717, 1.165) is 133 Å². The quantitative estimate of drug-likeness (QED) is 0.00284. The van der Waals surface area contributed by atoms with Gasteiger partial charge in [0, 0.05) is 101 Å². The smallest absolute Gasteiger partial charge is 0.391 e. The molecule has 0 aliphatic carbocycles. The zero-order chi connectivity index (χ0) is 80.2. The van der Waals surface area contributed by atoms with Gasteiger partial charge in [-0.2, -0.15) is 0 Å². The van der Waals surface area contributed by atoms with Gasteiger partial charge in [0.05, 0.1) is 31.8 Å². The fourth-order valence-electron chi connectivity index (χ4n) is 9.05. The lowest BCUT2D eigenvalue weighted by Crippen LogP contribution is -2.27. The largest absolute Gasteiger partial charge is 0.465 e. The molecular weight excluding hydrogens is 1430 g/mol. The van der Waals surface area contributed by atoms with E-state index in [9.17, 15) is 24.0 Å². The Morgan fingerprint density at radius 1 is 0.458 bits per heavy atom. The fraction of sp³-hybridized carbons (Fsp3) is 0.494. The number of hydrogen-bond acceptors (Lipinski definition) is 21. The maximum atomic E-state index is 11.8. The SMILES string of the molecule is C1CCOC1.CCO.CCOC(=O)/C(=N\O)c1ccc(CCCOC)cc1.CCOC(=O)C(=O)Cl.CCOC(=O)C(N)c1ccc(CCCOC)cc1.CCOC(=O)C(NC)c1ccc(CCCOC)cc1.COCCCc1ccccc1.COCCCc1ccccc1.ClCCl.OCCCc1ccccc1. The van der Waals surface area contributed by atoms with Crippen molar-refractivity contribution in [2.24, 2.45) is 10.9 Å². The number of methoxy groups -OCH3 is 5. The molecule has 0 amide bonds. The normalized spacial score (nSPS) is 11.2. The topological polar surface area (TPSA) is 289 Å². The first-order valence-corrected chi connectivity index (χ1v) is 37.7. The van der Waals surface area contributed by atoms with Crippen LogP contribution >= 0.6 is 34.8 Å². The Hall–Kier alpha value is -7.19. The molecule has 1 aliphatic heterocycles. The number of carbonyl (C=O) groups excluding carboxylic acids is 5. The molecular formula is C83H124Cl3N3O18. The number of nitrogens with zero attached hydrogens (tertiary/aromatic N) is 1. The Morgan fingerprint density at radius 2 is 0.757 bits per heavy atom. The standard InChI is InChI=1S/C15H23NO3.C14H19NO4.C14H21NO3.2C10H14O.C9H12O.C4H5ClO3.C4H8O.C2H6O.CH2Cl2/c1-4-19-15(17)14(16-2)13-9-7-12(8-10-13)6-5-11-18-3;1-3-19-14(16)13(15-17)12-8-6-11(7-9-12)5-4-10-18-2;1-3-18-14(16)13(15)12-8-6-11(7-9-12)5-4-10-17-2;2*1-11-9-5-8-10-6-3-2-4-7-10;10-8-4-7-9-5-2-1-3-6-9;1-2-8-4(7)3(5)6;1-2-4-5-3-1;1-2-3;2-1-3/h7-10,14,16H,4-6,11H2,1-3H3;6-9,17H,3-5,10H2,1-2H3;6-9,13H,3-5,10,15H2,1-2H3;2*2-4,6-7H,5,8-9H2,1H3;1-3,5-6,10H,4,7-8H2;2H2,1H3;1-4H2;3H,2H2,1H3;1H2/b;15-13-;;;;;;;;. The molecule has 6 N–H and O–H groups in total. The third kappa shape index (κ3) is 59.4. The van der Waals surface area contributed by atoms with Crippen LogP contribution in [0.25, 0.3) is 0 Å². The summed E-state index contributed by atoms with van der Waals surface area (Å²) in [5.41, 5.74) is 15.7. The summed E-state index contributed by atoms with van der Waals surface area (Å²) >= 11 is 14.2. The number of aliphatic hydroxyl groups excluding tert-OH is 2. The van der Waals surface area contributed by atoms with Crippen LogP contribution in [0.5, 0.6) is 0 Å². The first-order valence-electron chi connectivity index (χ1n) is 36.2. The molecule has 0 spiro atoms. The van der Waals surface area contributed by atoms with Gasteiger partial charge >= 0.3 is 29.1 Å². The number of likely N-dealkylation sites (N-methyl/N-ethyl adjacent to an activating group) is 1. The zero-order valence-corrected chi connectivity index (χ0v) is 67.4. The van der Waals surface area contributed by atoms with Crippen LogP contribution in [0.15, 0.2) is 169 Å². The summed E-state index contributed by atoms with van der Waals surface area (Å²) in [5, 5.41) is 30.1. The Morgan fingerprint density at radius 3 is 1.03 bits per heavy atom. The molecule has 6 aromatic carbocycles. The maximum absolute atomic E-state index is 11.8. The van der Waals surface area contributed by atoms with E-state index in [4.69, 9.17) is 98.6 Å². The Bertz CT molecular complexity index is 2980. The first-order chi connectivity index (χ1) is 51.9. The number of oxime groups is 1. The highest BCUT2D eigenvalue weighted by Crippen LogP contribution is 2.18. The van der Waals surface area contributed by atoms with Crippen molar-refractivity contribution >= 4 is 69.6 Å². The number of alkyl halides is 2. The molecule has 0 radical (unpaired) electrons. The minimum absolute atomic E-state index is 0.0784. The summed E-state index contributed by atoms with van der Waals surface area (Å²) in [5.74, 6) is -2.24. The monoisotopic (exact) mass is 1560 g/mol. The highest BCUT2D eigenvalue weighted by atomic mass is 35.5. The highest BCUT2D eigenvalue weighted by molar-refractivity contribution is 6.80. The summed E-state index contributed by atoms with van der Waals surface area (Å²) in [7, 11) is 10.3. The van der Waals surface area contributed by atoms with Crippen molar-refractivity contribution in [2.75, 3.05) is 134 Å². The van der Waals surface area contributed by atoms with Gasteiger partial charge in [-0.15, -0.1) is 23.2 Å². The molecule has 1 aliphatic rings. The van der Waals surface area contributed by atoms with Crippen LogP contribution in [0.4, 0.5) is 0 Å². The van der Waals surface area contributed by atoms with Crippen molar-refractivity contribution in [1.29, 1.82) is 0 Å². The van der Waals surface area contributed by atoms with Gasteiger partial charge in [-0.05, 0) is 188 Å². The van der Waals surface area contributed by atoms with Crippen molar-refractivity contribution < 1.29 is 86.8 Å². The van der Waals surface area contributed by atoms with E-state index in [1.54, 1.807) is 82.4 Å². The summed E-state index contributed by atoms with van der Waals surface area (Å²) < 4.78 is 48.8. The number of ether oxygens (including phenoxy) is 10. The number of aryl methyl sites for hydroxylation is 6. The zero-order valence-electron chi connectivity index (χ0n) is 65.2. The fourth-order valence-corrected chi connectivity index (χ4v) is 9.10. The van der Waals surface area contributed by atoms with Crippen molar-refractivity contribution in [3.8, 4) is 0 Å². The molecule has 6 aromatic rings. The summed E-state index contributed by atoms with van der Waals surface area (Å²) in [4.78, 5) is 54.6. The minimum atomic E-state index is -1.08. The summed E-state index contributed by atoms with van der Waals surface area (Å²) in [6, 6.07) is 53.1. The number of hydrogen-bond donors (Lipinski definition) is 5. The molecule has 1 fully saturated rings. The third-order valence-corrected chi connectivity index (χ3v) is 14.4. The molecule has 600 valence electrons. The molecule has 0 aromatic heterocycles. The average molecular weight is 1560 g/mol. The third-order valence-electron chi connectivity index (χ3n) is 14.3. The molecule has 2 unspecified atom stereocenters. The number of carbonyl (C=O) groups is 5. The predicted molar refractivity (Wildman–Crippen MR) is 429 cm³/mol. The second kappa shape index (κ2) is 77.0. The van der Waals surface area contributed by atoms with Crippen LogP contribution in [0.3, 0.4) is 0 Å². The molecule has 24 heteroatoms. The summed E-state index contributed by atoms with van der Waals surface area (Å²) in [6.45, 7) is 16.2. The van der Waals surface area contributed by atoms with Crippen LogP contribution in [0, 0.1) is 0 Å². The lowest BCUT2D eigenvalue weighted by molar-refractivity contribution is -0.150. The minimum Gasteiger partial charge on any atom is -0.465 e. The molecule has 2 atom stereocenters. The van der Waals surface area contributed by atoms with Crippen molar-refractivity contribution in [2.45, 2.75) is 137 Å². The summed E-state index contributed by atoms with van der Waals surface area (Å²) in [6.07, 6.45) is 14.6. The van der Waals surface area contributed by atoms with Gasteiger partial charge in [0.25, 0.3) is 0 Å². The predicted octanol–water partition coefficient (Wildman–Crippen LogP) is 14.6. The van der Waals surface area contributed by atoms with E-state index in [-0.39, 0.29) is 49.4 Å². The maximum Gasteiger partial charge on any atom is 0.391 e. The number of benzene rings is 6. The number of nitrogens with one attached hydrogen (secondary N) is 1. The molecule has 21 nitrogen and oxygen atoms in total. The molecule has 7 rings (SSSR count). The number of rotatable bonds is 35. The van der Waals surface area contributed by atoms with Gasteiger partial charge in [0.2, 0.25) is 0 Å². The average Bonchev–Trinajstić information content (AvgIpc) is 1.39. The molecule has 0 bridgehead atoms. The van der Waals surface area contributed by atoms with Crippen LogP contribution in [0.2, 0.25) is 0 Å². The Balaban J connectivity index is -0.00000117. The number of aliphatic hydroxyl groups is 2. The van der Waals surface area contributed by atoms with E-state index in [1.165, 1.54) is 40.7 Å². The van der Waals surface area contributed by atoms with Crippen molar-refractivity contribution in [3.63, 3.8) is 0 Å². The lowest BCUT2D eigenvalue weighted by atomic mass is 10.0. The number of nitrogens with two attached hydrogens (primary N) is 1. The van der Waals surface area contributed by atoms with Gasteiger partial charge in [0.15, 0.2) is 5.71 Å². The van der Waals surface area contributed by atoms with Gasteiger partial charge < -0.3 is 73.8 Å². The van der Waals surface area contributed by atoms with Crippen LogP contribution in [0.1, 0.15) is 148 Å². The molecule has 0 saturated carbocycles. The van der Waals surface area contributed by atoms with Gasteiger partial charge in [-0.3, -0.25) is 4.79 Å². The van der Waals surface area contributed by atoms with Crippen LogP contribution < -0.4 is 11.1 Å². The van der Waals surface area contributed by atoms with E-state index in [2.05, 4.69) is 88.0 Å². The number of esters is 4. The molecule has 107 heavy (non-hydrogen) atoms. The Labute approximate surface area is 653 Å². The molecule has 1 heterocycles. The number of halogens is 3. The van der Waals surface area contributed by atoms with Crippen molar-refractivity contribution in [3.05, 3.63) is 214 Å². The van der Waals surface area contributed by atoms with E-state index >= 15 is 0 Å². The Kier molecular flexibility index (Phi) is 74.8. The van der Waals surface area contributed by atoms with E-state index in [0.29, 0.717) is 25.4 Å². The molecule has 1 saturated heterocycles. The lowest BCUT2D eigenvalue weighted by Gasteiger charge is -2.15. The van der Waals surface area contributed by atoms with Crippen LogP contribution in [-0.2, 0) is 110 Å². The van der Waals surface area contributed by atoms with Crippen molar-refractivity contribution in [1.82, 2.24) is 5.32 Å². The highest BCUT2D eigenvalue weighted by Gasteiger charge is 2.20. The first kappa shape index (κ1) is 104. The second-order valence-corrected chi connectivity index (χ2v) is 23.7. The van der Waals surface area contributed by atoms with E-state index < -0.39 is 29.3 Å².